The molecule has 1 atom stereocenters. The Kier molecular flexibility index (Phi) is 4.81. The predicted molar refractivity (Wildman–Crippen MR) is 66.2 cm³/mol. The first-order chi connectivity index (χ1) is 8.77. The Morgan fingerprint density at radius 1 is 1.47 bits per heavy atom. The van der Waals surface area contributed by atoms with Gasteiger partial charge in [0.05, 0.1) is 9.82 Å². The van der Waals surface area contributed by atoms with Crippen LogP contribution >= 0.6 is 0 Å². The van der Waals surface area contributed by atoms with Crippen molar-refractivity contribution < 1.29 is 23.6 Å². The van der Waals surface area contributed by atoms with Crippen molar-refractivity contribution in [3.05, 3.63) is 28.3 Å². The number of hydrogen-bond donors (Lipinski definition) is 3. The molecule has 0 aliphatic carbocycles. The maximum absolute atomic E-state index is 11.9. The first kappa shape index (κ1) is 15.3. The van der Waals surface area contributed by atoms with Gasteiger partial charge in [-0.25, -0.2) is 13.1 Å². The van der Waals surface area contributed by atoms with Crippen LogP contribution in [-0.4, -0.2) is 36.2 Å². The Morgan fingerprint density at radius 3 is 2.63 bits per heavy atom. The molecule has 0 heterocycles. The molecular formula is C10H14N2O6S. The van der Waals surface area contributed by atoms with Crippen LogP contribution in [0.4, 0.5) is 5.69 Å². The summed E-state index contributed by atoms with van der Waals surface area (Å²) in [7, 11) is -3.93. The average molecular weight is 290 g/mol. The molecule has 0 radical (unpaired) electrons. The highest BCUT2D eigenvalue weighted by Crippen LogP contribution is 2.28. The van der Waals surface area contributed by atoms with Gasteiger partial charge < -0.3 is 10.2 Å². The SMILES string of the molecule is CC(CCO)NS(=O)(=O)c1ccc(O)c([N+](=O)[O-])c1. The number of nitrogens with one attached hydrogen (secondary N) is 1. The van der Waals surface area contributed by atoms with Gasteiger partial charge >= 0.3 is 5.69 Å². The molecule has 0 amide bonds. The van der Waals surface area contributed by atoms with Crippen LogP contribution in [0, 0.1) is 10.1 Å². The molecule has 0 fully saturated rings. The highest BCUT2D eigenvalue weighted by Gasteiger charge is 2.22. The summed E-state index contributed by atoms with van der Waals surface area (Å²) in [6, 6.07) is 2.28. The van der Waals surface area contributed by atoms with Gasteiger partial charge in [0.2, 0.25) is 10.0 Å². The van der Waals surface area contributed by atoms with Gasteiger partial charge in [0, 0.05) is 18.7 Å². The van der Waals surface area contributed by atoms with Crippen molar-refractivity contribution in [2.75, 3.05) is 6.61 Å². The van der Waals surface area contributed by atoms with Crippen molar-refractivity contribution in [1.82, 2.24) is 4.72 Å². The molecule has 19 heavy (non-hydrogen) atoms. The van der Waals surface area contributed by atoms with Crippen LogP contribution in [0.3, 0.4) is 0 Å². The number of aromatic hydroxyl groups is 1. The molecular weight excluding hydrogens is 276 g/mol. The van der Waals surface area contributed by atoms with Crippen LogP contribution in [0.5, 0.6) is 5.75 Å². The third-order valence-corrected chi connectivity index (χ3v) is 3.96. The lowest BCUT2D eigenvalue weighted by molar-refractivity contribution is -0.386. The average Bonchev–Trinajstić information content (AvgIpc) is 2.28. The maximum Gasteiger partial charge on any atom is 0.312 e. The number of nitro benzene ring substituents is 1. The van der Waals surface area contributed by atoms with Gasteiger partial charge in [-0.15, -0.1) is 0 Å². The second kappa shape index (κ2) is 5.95. The van der Waals surface area contributed by atoms with Crippen LogP contribution in [0.25, 0.3) is 0 Å². The van der Waals surface area contributed by atoms with Gasteiger partial charge in [0.1, 0.15) is 0 Å². The number of phenols is 1. The Morgan fingerprint density at radius 2 is 2.11 bits per heavy atom. The fourth-order valence-corrected chi connectivity index (χ4v) is 2.70. The van der Waals surface area contributed by atoms with Crippen LogP contribution < -0.4 is 4.72 Å². The molecule has 1 unspecified atom stereocenters. The molecule has 0 aliphatic heterocycles. The minimum Gasteiger partial charge on any atom is -0.502 e. The van der Waals surface area contributed by atoms with E-state index in [4.69, 9.17) is 5.11 Å². The first-order valence-corrected chi connectivity index (χ1v) is 6.87. The molecule has 106 valence electrons. The third-order valence-electron chi connectivity index (χ3n) is 2.37. The Bertz CT molecular complexity index is 571. The highest BCUT2D eigenvalue weighted by molar-refractivity contribution is 7.89. The van der Waals surface area contributed by atoms with Crippen molar-refractivity contribution in [3.63, 3.8) is 0 Å². The molecule has 1 aromatic rings. The molecule has 8 nitrogen and oxygen atoms in total. The molecule has 0 saturated heterocycles. The number of aliphatic hydroxyl groups excluding tert-OH is 1. The van der Waals surface area contributed by atoms with E-state index < -0.39 is 32.4 Å². The largest absolute Gasteiger partial charge is 0.502 e. The lowest BCUT2D eigenvalue weighted by atomic mass is 10.3. The van der Waals surface area contributed by atoms with Gasteiger partial charge in [-0.3, -0.25) is 10.1 Å². The van der Waals surface area contributed by atoms with E-state index in [0.717, 1.165) is 18.2 Å². The first-order valence-electron chi connectivity index (χ1n) is 5.38. The molecule has 0 aromatic heterocycles. The Balaban J connectivity index is 3.08. The number of benzene rings is 1. The monoisotopic (exact) mass is 290 g/mol. The zero-order valence-electron chi connectivity index (χ0n) is 10.1. The summed E-state index contributed by atoms with van der Waals surface area (Å²) >= 11 is 0. The second-order valence-electron chi connectivity index (χ2n) is 3.94. The van der Waals surface area contributed by atoms with Crippen molar-refractivity contribution in [2.24, 2.45) is 0 Å². The number of hydrogen-bond acceptors (Lipinski definition) is 6. The number of sulfonamides is 1. The summed E-state index contributed by atoms with van der Waals surface area (Å²) in [6.07, 6.45) is 0.222. The Labute approximate surface area is 109 Å². The van der Waals surface area contributed by atoms with E-state index >= 15 is 0 Å². The Hall–Kier alpha value is -1.71. The summed E-state index contributed by atoms with van der Waals surface area (Å²) in [4.78, 5) is 9.44. The minimum absolute atomic E-state index is 0.181. The molecule has 0 saturated carbocycles. The standard InChI is InChI=1S/C10H14N2O6S/c1-7(4-5-13)11-19(17,18)8-2-3-10(14)9(6-8)12(15)16/h2-3,6-7,11,13-14H,4-5H2,1H3. The van der Waals surface area contributed by atoms with Crippen molar-refractivity contribution >= 4 is 15.7 Å². The summed E-state index contributed by atoms with van der Waals surface area (Å²) in [5.41, 5.74) is -0.683. The number of rotatable bonds is 6. The molecule has 1 rings (SSSR count). The minimum atomic E-state index is -3.93. The molecule has 1 aromatic carbocycles. The van der Waals surface area contributed by atoms with E-state index in [1.54, 1.807) is 6.92 Å². The normalized spacial score (nSPS) is 13.2. The van der Waals surface area contributed by atoms with Crippen molar-refractivity contribution in [1.29, 1.82) is 0 Å². The lowest BCUT2D eigenvalue weighted by Crippen LogP contribution is -2.33. The predicted octanol–water partition coefficient (Wildman–Crippen LogP) is 0.350. The van der Waals surface area contributed by atoms with E-state index in [1.807, 2.05) is 0 Å². The van der Waals surface area contributed by atoms with E-state index in [0.29, 0.717) is 0 Å². The molecule has 3 N–H and O–H groups in total. The maximum atomic E-state index is 11.9. The van der Waals surface area contributed by atoms with Gasteiger partial charge in [-0.1, -0.05) is 0 Å². The quantitative estimate of drug-likeness (QED) is 0.512. The zero-order valence-corrected chi connectivity index (χ0v) is 10.9. The van der Waals surface area contributed by atoms with Crippen LogP contribution in [0.1, 0.15) is 13.3 Å². The highest BCUT2D eigenvalue weighted by atomic mass is 32.2. The summed E-state index contributed by atoms with van der Waals surface area (Å²) in [6.45, 7) is 1.38. The summed E-state index contributed by atoms with van der Waals surface area (Å²) < 4.78 is 26.1. The van der Waals surface area contributed by atoms with E-state index in [-0.39, 0.29) is 17.9 Å². The van der Waals surface area contributed by atoms with Crippen molar-refractivity contribution in [2.45, 2.75) is 24.3 Å². The summed E-state index contributed by atoms with van der Waals surface area (Å²) in [5.74, 6) is -0.604. The zero-order chi connectivity index (χ0) is 14.6. The molecule has 9 heteroatoms. The van der Waals surface area contributed by atoms with E-state index in [2.05, 4.69) is 4.72 Å². The van der Waals surface area contributed by atoms with Gasteiger partial charge in [0.25, 0.3) is 0 Å². The number of phenolic OH excluding ortho intramolecular Hbond substituents is 1. The second-order valence-corrected chi connectivity index (χ2v) is 5.66. The molecule has 0 spiro atoms. The van der Waals surface area contributed by atoms with E-state index in [1.165, 1.54) is 0 Å². The smallest absolute Gasteiger partial charge is 0.312 e. The van der Waals surface area contributed by atoms with E-state index in [9.17, 15) is 23.6 Å². The molecule has 0 aliphatic rings. The van der Waals surface area contributed by atoms with Gasteiger partial charge in [0.15, 0.2) is 5.75 Å². The molecule has 0 bridgehead atoms. The topological polar surface area (TPSA) is 130 Å². The number of nitrogens with zero attached hydrogens (tertiary/aromatic N) is 1. The lowest BCUT2D eigenvalue weighted by Gasteiger charge is -2.12. The number of aliphatic hydroxyl groups is 1. The number of nitro groups is 1. The fraction of sp³-hybridized carbons (Fsp3) is 0.400. The van der Waals surface area contributed by atoms with Gasteiger partial charge in [-0.2, -0.15) is 0 Å². The van der Waals surface area contributed by atoms with Crippen LogP contribution in [-0.2, 0) is 10.0 Å². The summed E-state index contributed by atoms with van der Waals surface area (Å²) in [5, 5.41) is 28.6. The third kappa shape index (κ3) is 3.88. The van der Waals surface area contributed by atoms with Crippen molar-refractivity contribution in [3.8, 4) is 5.75 Å². The van der Waals surface area contributed by atoms with Gasteiger partial charge in [-0.05, 0) is 25.5 Å². The fourth-order valence-electron chi connectivity index (χ4n) is 1.40. The van der Waals surface area contributed by atoms with Crippen LogP contribution in [0.15, 0.2) is 23.1 Å². The van der Waals surface area contributed by atoms with Crippen LogP contribution in [0.2, 0.25) is 0 Å².